The Morgan fingerprint density at radius 1 is 1.33 bits per heavy atom. The number of halogens is 4. The topological polar surface area (TPSA) is 26.3 Å². The highest BCUT2D eigenvalue weighted by atomic mass is 35.5. The van der Waals surface area contributed by atoms with E-state index >= 15 is 0 Å². The zero-order valence-corrected chi connectivity index (χ0v) is 11.8. The lowest BCUT2D eigenvalue weighted by Crippen LogP contribution is -2.10. The van der Waals surface area contributed by atoms with Crippen molar-refractivity contribution in [1.29, 1.82) is 0 Å². The maximum absolute atomic E-state index is 12.7. The molecule has 1 aliphatic carbocycles. The van der Waals surface area contributed by atoms with E-state index in [4.69, 9.17) is 16.3 Å². The summed E-state index contributed by atoms with van der Waals surface area (Å²) in [6, 6.07) is 3.58. The minimum atomic E-state index is -4.51. The Kier molecular flexibility index (Phi) is 4.42. The van der Waals surface area contributed by atoms with E-state index in [-0.39, 0.29) is 23.3 Å². The van der Waals surface area contributed by atoms with Gasteiger partial charge in [0.05, 0.1) is 10.6 Å². The quantitative estimate of drug-likeness (QED) is 0.818. The van der Waals surface area contributed by atoms with Crippen LogP contribution >= 0.6 is 11.6 Å². The van der Waals surface area contributed by atoms with Crippen molar-refractivity contribution in [3.05, 3.63) is 58.3 Å². The summed E-state index contributed by atoms with van der Waals surface area (Å²) in [5.41, 5.74) is -0.574. The molecule has 0 heterocycles. The molecule has 112 valence electrons. The van der Waals surface area contributed by atoms with Gasteiger partial charge in [-0.3, -0.25) is 4.79 Å². The highest BCUT2D eigenvalue weighted by Gasteiger charge is 2.33. The first-order chi connectivity index (χ1) is 9.77. The summed E-state index contributed by atoms with van der Waals surface area (Å²) in [5.74, 6) is 0.0332. The third-order valence-corrected chi connectivity index (χ3v) is 3.35. The van der Waals surface area contributed by atoms with E-state index < -0.39 is 11.7 Å². The Morgan fingerprint density at radius 3 is 2.67 bits per heavy atom. The molecule has 0 N–H and O–H groups in total. The summed E-state index contributed by atoms with van der Waals surface area (Å²) in [4.78, 5) is 11.5. The predicted octanol–water partition coefficient (Wildman–Crippen LogP) is 4.53. The van der Waals surface area contributed by atoms with Crippen LogP contribution < -0.4 is 0 Å². The second-order valence-corrected chi connectivity index (χ2v) is 5.10. The number of rotatable bonds is 3. The zero-order valence-electron chi connectivity index (χ0n) is 11.1. The lowest BCUT2D eigenvalue weighted by molar-refractivity contribution is -0.137. The standard InChI is InChI=1S/C15H12ClF3O2/c1-9-2-4-11(7-14(9)20)21-8-10-3-5-13(16)12(6-10)15(17,18)19/h2-7,9H,8H2,1H3. The number of ketones is 1. The molecule has 21 heavy (non-hydrogen) atoms. The first-order valence-corrected chi connectivity index (χ1v) is 6.57. The second kappa shape index (κ2) is 5.93. The van der Waals surface area contributed by atoms with Crippen molar-refractivity contribution in [3.8, 4) is 0 Å². The van der Waals surface area contributed by atoms with Crippen LogP contribution in [0.5, 0.6) is 0 Å². The van der Waals surface area contributed by atoms with Crippen molar-refractivity contribution in [2.45, 2.75) is 19.7 Å². The summed E-state index contributed by atoms with van der Waals surface area (Å²) in [5, 5.41) is -0.355. The molecule has 0 aliphatic heterocycles. The summed E-state index contributed by atoms with van der Waals surface area (Å²) < 4.78 is 43.5. The van der Waals surface area contributed by atoms with Gasteiger partial charge in [0.2, 0.25) is 0 Å². The number of benzene rings is 1. The number of alkyl halides is 3. The Labute approximate surface area is 124 Å². The summed E-state index contributed by atoms with van der Waals surface area (Å²) in [6.45, 7) is 1.68. The van der Waals surface area contributed by atoms with Crippen LogP contribution in [0.25, 0.3) is 0 Å². The van der Waals surface area contributed by atoms with Crippen LogP contribution in [-0.2, 0) is 22.3 Å². The summed E-state index contributed by atoms with van der Waals surface area (Å²) in [7, 11) is 0. The number of carbonyl (C=O) groups is 1. The highest BCUT2D eigenvalue weighted by Crippen LogP contribution is 2.35. The third-order valence-electron chi connectivity index (χ3n) is 3.02. The average molecular weight is 317 g/mol. The number of hydrogen-bond donors (Lipinski definition) is 0. The van der Waals surface area contributed by atoms with Crippen molar-refractivity contribution in [1.82, 2.24) is 0 Å². The zero-order chi connectivity index (χ0) is 15.6. The Morgan fingerprint density at radius 2 is 2.05 bits per heavy atom. The van der Waals surface area contributed by atoms with Crippen molar-refractivity contribution >= 4 is 17.4 Å². The second-order valence-electron chi connectivity index (χ2n) is 4.70. The lowest BCUT2D eigenvalue weighted by atomic mass is 10.0. The SMILES string of the molecule is CC1C=CC(OCc2ccc(Cl)c(C(F)(F)F)c2)=CC1=O. The lowest BCUT2D eigenvalue weighted by Gasteiger charge is -2.14. The molecule has 0 amide bonds. The fourth-order valence-corrected chi connectivity index (χ4v) is 2.01. The molecule has 1 aromatic rings. The van der Waals surface area contributed by atoms with Crippen LogP contribution in [0.1, 0.15) is 18.1 Å². The molecule has 0 bridgehead atoms. The molecule has 0 saturated carbocycles. The van der Waals surface area contributed by atoms with Gasteiger partial charge in [0, 0.05) is 12.0 Å². The van der Waals surface area contributed by atoms with Crippen molar-refractivity contribution in [3.63, 3.8) is 0 Å². The molecule has 0 aromatic heterocycles. The smallest absolute Gasteiger partial charge is 0.417 e. The molecule has 1 atom stereocenters. The van der Waals surface area contributed by atoms with Gasteiger partial charge >= 0.3 is 6.18 Å². The predicted molar refractivity (Wildman–Crippen MR) is 72.6 cm³/mol. The van der Waals surface area contributed by atoms with Gasteiger partial charge in [-0.05, 0) is 23.8 Å². The van der Waals surface area contributed by atoms with E-state index in [1.54, 1.807) is 19.1 Å². The van der Waals surface area contributed by atoms with Crippen LogP contribution in [0.2, 0.25) is 5.02 Å². The molecule has 0 radical (unpaired) electrons. The first kappa shape index (κ1) is 15.6. The van der Waals surface area contributed by atoms with Crippen LogP contribution in [-0.4, -0.2) is 5.78 Å². The van der Waals surface area contributed by atoms with Gasteiger partial charge in [0.15, 0.2) is 5.78 Å². The first-order valence-electron chi connectivity index (χ1n) is 6.19. The molecule has 0 spiro atoms. The molecule has 2 rings (SSSR count). The number of ether oxygens (including phenoxy) is 1. The number of carbonyl (C=O) groups excluding carboxylic acids is 1. The minimum absolute atomic E-state index is 0.0713. The van der Waals surface area contributed by atoms with Gasteiger partial charge < -0.3 is 4.74 Å². The largest absolute Gasteiger partial charge is 0.489 e. The van der Waals surface area contributed by atoms with Crippen LogP contribution in [0.3, 0.4) is 0 Å². The van der Waals surface area contributed by atoms with Crippen LogP contribution in [0, 0.1) is 5.92 Å². The van der Waals surface area contributed by atoms with E-state index in [9.17, 15) is 18.0 Å². The van der Waals surface area contributed by atoms with E-state index in [1.165, 1.54) is 18.2 Å². The van der Waals surface area contributed by atoms with E-state index in [0.29, 0.717) is 11.3 Å². The molecular weight excluding hydrogens is 305 g/mol. The molecule has 6 heteroatoms. The van der Waals surface area contributed by atoms with Gasteiger partial charge in [0.1, 0.15) is 12.4 Å². The minimum Gasteiger partial charge on any atom is -0.489 e. The average Bonchev–Trinajstić information content (AvgIpc) is 2.40. The third kappa shape index (κ3) is 3.88. The van der Waals surface area contributed by atoms with Gasteiger partial charge in [-0.2, -0.15) is 13.2 Å². The van der Waals surface area contributed by atoms with E-state index in [1.807, 2.05) is 0 Å². The maximum Gasteiger partial charge on any atom is 0.417 e. The van der Waals surface area contributed by atoms with Crippen molar-refractivity contribution in [2.24, 2.45) is 5.92 Å². The fraction of sp³-hybridized carbons (Fsp3) is 0.267. The van der Waals surface area contributed by atoms with Crippen LogP contribution in [0.15, 0.2) is 42.2 Å². The summed E-state index contributed by atoms with van der Waals surface area (Å²) >= 11 is 5.54. The summed E-state index contributed by atoms with van der Waals surface area (Å²) in [6.07, 6.45) is 0.140. The van der Waals surface area contributed by atoms with Crippen LogP contribution in [0.4, 0.5) is 13.2 Å². The monoisotopic (exact) mass is 316 g/mol. The van der Waals surface area contributed by atoms with E-state index in [2.05, 4.69) is 0 Å². The van der Waals surface area contributed by atoms with Crippen molar-refractivity contribution < 1.29 is 22.7 Å². The molecule has 2 nitrogen and oxygen atoms in total. The number of allylic oxidation sites excluding steroid dienone is 3. The molecule has 0 saturated heterocycles. The van der Waals surface area contributed by atoms with Gasteiger partial charge in [0.25, 0.3) is 0 Å². The molecule has 0 fully saturated rings. The molecule has 1 aromatic carbocycles. The Hall–Kier alpha value is -1.75. The van der Waals surface area contributed by atoms with Gasteiger partial charge in [-0.15, -0.1) is 0 Å². The normalized spacial score (nSPS) is 18.6. The van der Waals surface area contributed by atoms with Gasteiger partial charge in [-0.1, -0.05) is 30.7 Å². The van der Waals surface area contributed by atoms with Crippen molar-refractivity contribution in [2.75, 3.05) is 0 Å². The number of hydrogen-bond acceptors (Lipinski definition) is 2. The van der Waals surface area contributed by atoms with E-state index in [0.717, 1.165) is 6.07 Å². The molecule has 1 unspecified atom stereocenters. The van der Waals surface area contributed by atoms with Gasteiger partial charge in [-0.25, -0.2) is 0 Å². The molecular formula is C15H12ClF3O2. The fourth-order valence-electron chi connectivity index (χ4n) is 1.79. The highest BCUT2D eigenvalue weighted by molar-refractivity contribution is 6.31. The molecule has 1 aliphatic rings. The Bertz CT molecular complexity index is 618. The maximum atomic E-state index is 12.7. The Balaban J connectivity index is 2.10.